The smallest absolute Gasteiger partial charge is 0.211 e. The van der Waals surface area contributed by atoms with Crippen LogP contribution in [0.1, 0.15) is 26.7 Å². The standard InChI is InChI=1S/C7H17NO2S/c1-4-6-8(7-5-2)11(3,9)10/h4-7H2,1-3H3. The van der Waals surface area contributed by atoms with Crippen LogP contribution in [0.4, 0.5) is 0 Å². The van der Waals surface area contributed by atoms with Gasteiger partial charge in [0, 0.05) is 13.1 Å². The molecular formula is C7H17NO2S. The fraction of sp³-hybridized carbons (Fsp3) is 1.00. The molecule has 0 radical (unpaired) electrons. The Hall–Kier alpha value is -0.0900. The van der Waals surface area contributed by atoms with Crippen molar-refractivity contribution in [2.45, 2.75) is 26.7 Å². The molecule has 0 heterocycles. The van der Waals surface area contributed by atoms with E-state index in [4.69, 9.17) is 0 Å². The quantitative estimate of drug-likeness (QED) is 0.633. The summed E-state index contributed by atoms with van der Waals surface area (Å²) in [6.07, 6.45) is 3.03. The Labute approximate surface area is 69.4 Å². The first-order valence-electron chi connectivity index (χ1n) is 3.97. The SMILES string of the molecule is CCCN(CCC)S(C)(=O)=O. The highest BCUT2D eigenvalue weighted by Gasteiger charge is 2.12. The van der Waals surface area contributed by atoms with E-state index in [2.05, 4.69) is 0 Å². The summed E-state index contributed by atoms with van der Waals surface area (Å²) in [6.45, 7) is 5.25. The molecule has 0 aromatic carbocycles. The molecule has 0 bridgehead atoms. The van der Waals surface area contributed by atoms with E-state index in [0.717, 1.165) is 12.8 Å². The van der Waals surface area contributed by atoms with Crippen molar-refractivity contribution in [2.24, 2.45) is 0 Å². The fourth-order valence-corrected chi connectivity index (χ4v) is 1.97. The minimum absolute atomic E-state index is 0.646. The summed E-state index contributed by atoms with van der Waals surface area (Å²) >= 11 is 0. The second-order valence-electron chi connectivity index (χ2n) is 2.66. The maximum atomic E-state index is 11.0. The topological polar surface area (TPSA) is 37.4 Å². The molecule has 0 spiro atoms. The van der Waals surface area contributed by atoms with Crippen LogP contribution in [0.2, 0.25) is 0 Å². The number of nitrogens with zero attached hydrogens (tertiary/aromatic N) is 1. The second kappa shape index (κ2) is 4.72. The fourth-order valence-electron chi connectivity index (χ4n) is 0.942. The molecule has 0 aliphatic heterocycles. The van der Waals surface area contributed by atoms with Crippen molar-refractivity contribution in [2.75, 3.05) is 19.3 Å². The number of rotatable bonds is 5. The highest BCUT2D eigenvalue weighted by atomic mass is 32.2. The third kappa shape index (κ3) is 4.37. The van der Waals surface area contributed by atoms with E-state index < -0.39 is 10.0 Å². The molecule has 0 aromatic heterocycles. The van der Waals surface area contributed by atoms with Crippen LogP contribution in [-0.2, 0) is 10.0 Å². The lowest BCUT2D eigenvalue weighted by molar-refractivity contribution is 0.414. The van der Waals surface area contributed by atoms with Gasteiger partial charge in [-0.2, -0.15) is 0 Å². The first-order chi connectivity index (χ1) is 5.02. The van der Waals surface area contributed by atoms with Crippen molar-refractivity contribution >= 4 is 10.0 Å². The van der Waals surface area contributed by atoms with Gasteiger partial charge in [-0.3, -0.25) is 0 Å². The van der Waals surface area contributed by atoms with Crippen LogP contribution in [0.5, 0.6) is 0 Å². The van der Waals surface area contributed by atoms with Gasteiger partial charge in [-0.15, -0.1) is 0 Å². The largest absolute Gasteiger partial charge is 0.213 e. The lowest BCUT2D eigenvalue weighted by Gasteiger charge is -2.17. The summed E-state index contributed by atoms with van der Waals surface area (Å²) in [7, 11) is -2.96. The van der Waals surface area contributed by atoms with Crippen LogP contribution in [-0.4, -0.2) is 32.1 Å². The van der Waals surface area contributed by atoms with E-state index in [0.29, 0.717) is 13.1 Å². The molecule has 0 saturated heterocycles. The van der Waals surface area contributed by atoms with Crippen molar-refractivity contribution in [3.8, 4) is 0 Å². The van der Waals surface area contributed by atoms with E-state index in [1.165, 1.54) is 10.6 Å². The Bertz CT molecular complexity index is 181. The average molecular weight is 179 g/mol. The molecule has 0 amide bonds. The average Bonchev–Trinajstić information content (AvgIpc) is 1.85. The zero-order valence-electron chi connectivity index (χ0n) is 7.50. The molecule has 0 aliphatic rings. The van der Waals surface area contributed by atoms with Crippen molar-refractivity contribution < 1.29 is 8.42 Å². The van der Waals surface area contributed by atoms with Gasteiger partial charge < -0.3 is 0 Å². The maximum Gasteiger partial charge on any atom is 0.211 e. The predicted octanol–water partition coefficient (Wildman–Crippen LogP) is 1.07. The predicted molar refractivity (Wildman–Crippen MR) is 47.0 cm³/mol. The third-order valence-electron chi connectivity index (χ3n) is 1.42. The molecule has 0 rings (SSSR count). The Balaban J connectivity index is 4.11. The van der Waals surface area contributed by atoms with Crippen LogP contribution >= 0.6 is 0 Å². The molecule has 0 unspecified atom stereocenters. The Morgan fingerprint density at radius 3 is 1.64 bits per heavy atom. The first kappa shape index (κ1) is 10.9. The minimum atomic E-state index is -2.96. The van der Waals surface area contributed by atoms with Gasteiger partial charge in [-0.25, -0.2) is 12.7 Å². The van der Waals surface area contributed by atoms with Gasteiger partial charge in [0.25, 0.3) is 0 Å². The summed E-state index contributed by atoms with van der Waals surface area (Å²) in [5, 5.41) is 0. The van der Waals surface area contributed by atoms with Crippen LogP contribution < -0.4 is 0 Å². The third-order valence-corrected chi connectivity index (χ3v) is 2.72. The number of sulfonamides is 1. The first-order valence-corrected chi connectivity index (χ1v) is 5.82. The summed E-state index contributed by atoms with van der Waals surface area (Å²) in [4.78, 5) is 0. The molecule has 4 heteroatoms. The molecule has 0 atom stereocenters. The van der Waals surface area contributed by atoms with Gasteiger partial charge in [-0.1, -0.05) is 13.8 Å². The molecule has 68 valence electrons. The Kier molecular flexibility index (Phi) is 4.68. The zero-order chi connectivity index (χ0) is 8.91. The van der Waals surface area contributed by atoms with Crippen molar-refractivity contribution in [3.63, 3.8) is 0 Å². The molecule has 0 aromatic rings. The highest BCUT2D eigenvalue weighted by molar-refractivity contribution is 7.88. The molecular weight excluding hydrogens is 162 g/mol. The number of hydrogen-bond donors (Lipinski definition) is 0. The summed E-state index contributed by atoms with van der Waals surface area (Å²) < 4.78 is 23.6. The van der Waals surface area contributed by atoms with Crippen LogP contribution in [0, 0.1) is 0 Å². The molecule has 11 heavy (non-hydrogen) atoms. The Morgan fingerprint density at radius 2 is 1.45 bits per heavy atom. The van der Waals surface area contributed by atoms with E-state index in [1.807, 2.05) is 13.8 Å². The van der Waals surface area contributed by atoms with Gasteiger partial charge in [0.05, 0.1) is 6.26 Å². The Morgan fingerprint density at radius 1 is 1.09 bits per heavy atom. The summed E-state index contributed by atoms with van der Waals surface area (Å²) in [5.41, 5.74) is 0. The van der Waals surface area contributed by atoms with Gasteiger partial charge in [0.1, 0.15) is 0 Å². The lowest BCUT2D eigenvalue weighted by atomic mass is 10.4. The number of hydrogen-bond acceptors (Lipinski definition) is 2. The molecule has 0 N–H and O–H groups in total. The lowest BCUT2D eigenvalue weighted by Crippen LogP contribution is -2.31. The molecule has 3 nitrogen and oxygen atoms in total. The van der Waals surface area contributed by atoms with Crippen LogP contribution in [0.15, 0.2) is 0 Å². The minimum Gasteiger partial charge on any atom is -0.213 e. The van der Waals surface area contributed by atoms with Crippen LogP contribution in [0.25, 0.3) is 0 Å². The van der Waals surface area contributed by atoms with Crippen molar-refractivity contribution in [3.05, 3.63) is 0 Å². The zero-order valence-corrected chi connectivity index (χ0v) is 8.32. The van der Waals surface area contributed by atoms with E-state index in [-0.39, 0.29) is 0 Å². The maximum absolute atomic E-state index is 11.0. The highest BCUT2D eigenvalue weighted by Crippen LogP contribution is 2.00. The van der Waals surface area contributed by atoms with Gasteiger partial charge >= 0.3 is 0 Å². The van der Waals surface area contributed by atoms with E-state index >= 15 is 0 Å². The molecule has 0 aliphatic carbocycles. The molecule has 0 fully saturated rings. The summed E-state index contributed by atoms with van der Waals surface area (Å²) in [6, 6.07) is 0. The summed E-state index contributed by atoms with van der Waals surface area (Å²) in [5.74, 6) is 0. The second-order valence-corrected chi connectivity index (χ2v) is 4.64. The van der Waals surface area contributed by atoms with Crippen LogP contribution in [0.3, 0.4) is 0 Å². The van der Waals surface area contributed by atoms with E-state index in [1.54, 1.807) is 0 Å². The van der Waals surface area contributed by atoms with Gasteiger partial charge in [0.15, 0.2) is 0 Å². The van der Waals surface area contributed by atoms with Gasteiger partial charge in [0.2, 0.25) is 10.0 Å². The monoisotopic (exact) mass is 179 g/mol. The van der Waals surface area contributed by atoms with Crippen molar-refractivity contribution in [1.29, 1.82) is 0 Å². The van der Waals surface area contributed by atoms with E-state index in [9.17, 15) is 8.42 Å². The normalized spacial score (nSPS) is 12.4. The van der Waals surface area contributed by atoms with Crippen molar-refractivity contribution in [1.82, 2.24) is 4.31 Å². The van der Waals surface area contributed by atoms with Gasteiger partial charge in [-0.05, 0) is 12.8 Å². The molecule has 0 saturated carbocycles.